The Morgan fingerprint density at radius 3 is 2.81 bits per heavy atom. The highest BCUT2D eigenvalue weighted by molar-refractivity contribution is 6.31. The second-order valence-electron chi connectivity index (χ2n) is 7.17. The maximum Gasteiger partial charge on any atom is 0.195 e. The lowest BCUT2D eigenvalue weighted by molar-refractivity contribution is -0.134. The number of fused-ring (bicyclic) bond motifs is 1. The first-order chi connectivity index (χ1) is 12.1. The summed E-state index contributed by atoms with van der Waals surface area (Å²) in [4.78, 5) is 17.0. The van der Waals surface area contributed by atoms with Crippen LogP contribution in [0.25, 0.3) is 0 Å². The number of halogens is 3. The van der Waals surface area contributed by atoms with Crippen molar-refractivity contribution >= 4 is 17.4 Å². The number of nitrogens with zero attached hydrogens (tertiary/aromatic N) is 1. The van der Waals surface area contributed by atoms with Crippen LogP contribution >= 0.6 is 11.6 Å². The molecule has 0 radical (unpaired) electrons. The highest BCUT2D eigenvalue weighted by Gasteiger charge is 2.50. The fourth-order valence-electron chi connectivity index (χ4n) is 3.56. The molecular formula is C20H20ClF2NO2. The highest BCUT2D eigenvalue weighted by Crippen LogP contribution is 2.46. The number of ketones is 1. The van der Waals surface area contributed by atoms with Gasteiger partial charge in [0.1, 0.15) is 11.4 Å². The van der Waals surface area contributed by atoms with Crippen molar-refractivity contribution in [3.63, 3.8) is 0 Å². The predicted octanol–water partition coefficient (Wildman–Crippen LogP) is 4.80. The van der Waals surface area contributed by atoms with E-state index in [1.54, 1.807) is 19.9 Å². The SMILES string of the molecule is C[C@H](CC(=O)[C@]1(F)CC[C@](C)(O)c2ncccc21)c1ccc(F)cc1Cl. The van der Waals surface area contributed by atoms with Crippen LogP contribution in [-0.2, 0) is 16.1 Å². The third kappa shape index (κ3) is 3.26. The van der Waals surface area contributed by atoms with Crippen molar-refractivity contribution in [2.45, 2.75) is 50.3 Å². The molecule has 0 fully saturated rings. The number of hydrogen-bond acceptors (Lipinski definition) is 3. The Labute approximate surface area is 156 Å². The van der Waals surface area contributed by atoms with Gasteiger partial charge in [0.05, 0.1) is 5.69 Å². The van der Waals surface area contributed by atoms with Crippen molar-refractivity contribution in [2.75, 3.05) is 0 Å². The quantitative estimate of drug-likeness (QED) is 0.829. The summed E-state index contributed by atoms with van der Waals surface area (Å²) in [7, 11) is 0. The van der Waals surface area contributed by atoms with E-state index in [0.29, 0.717) is 5.56 Å². The van der Waals surface area contributed by atoms with Crippen LogP contribution in [0.4, 0.5) is 8.78 Å². The van der Waals surface area contributed by atoms with Gasteiger partial charge in [0.2, 0.25) is 0 Å². The van der Waals surface area contributed by atoms with Crippen LogP contribution in [0.1, 0.15) is 55.8 Å². The second kappa shape index (κ2) is 6.71. The maximum atomic E-state index is 15.7. The van der Waals surface area contributed by atoms with Crippen molar-refractivity contribution < 1.29 is 18.7 Å². The summed E-state index contributed by atoms with van der Waals surface area (Å²) in [6.45, 7) is 3.33. The molecule has 1 heterocycles. The lowest BCUT2D eigenvalue weighted by Gasteiger charge is -2.38. The van der Waals surface area contributed by atoms with E-state index in [1.807, 2.05) is 0 Å². The largest absolute Gasteiger partial charge is 0.384 e. The standard InChI is InChI=1S/C20H20ClF2NO2/c1-12(14-6-5-13(22)11-16(14)21)10-17(25)20(23)8-7-19(2,26)18-15(20)4-3-9-24-18/h3-6,9,11-12,26H,7-8,10H2,1-2H3/t12-,19+,20+/m1/s1. The summed E-state index contributed by atoms with van der Waals surface area (Å²) in [6, 6.07) is 7.03. The van der Waals surface area contributed by atoms with Gasteiger partial charge in [-0.1, -0.05) is 30.7 Å². The molecular weight excluding hydrogens is 360 g/mol. The second-order valence-corrected chi connectivity index (χ2v) is 7.58. The van der Waals surface area contributed by atoms with Crippen LogP contribution in [-0.4, -0.2) is 15.9 Å². The normalized spacial score (nSPS) is 26.2. The van der Waals surface area contributed by atoms with Gasteiger partial charge >= 0.3 is 0 Å². The van der Waals surface area contributed by atoms with Crippen molar-refractivity contribution in [3.8, 4) is 0 Å². The molecule has 1 aromatic heterocycles. The van der Waals surface area contributed by atoms with E-state index in [0.717, 1.165) is 0 Å². The topological polar surface area (TPSA) is 50.2 Å². The summed E-state index contributed by atoms with van der Waals surface area (Å²) < 4.78 is 29.0. The highest BCUT2D eigenvalue weighted by atomic mass is 35.5. The number of benzene rings is 1. The van der Waals surface area contributed by atoms with Crippen molar-refractivity contribution in [3.05, 3.63) is 64.2 Å². The summed E-state index contributed by atoms with van der Waals surface area (Å²) in [5.74, 6) is -1.42. The number of carbonyl (C=O) groups is 1. The van der Waals surface area contributed by atoms with Crippen LogP contribution in [0.15, 0.2) is 36.5 Å². The molecule has 2 aromatic rings. The molecule has 138 valence electrons. The number of Topliss-reactive ketones (excluding diaryl/α,β-unsaturated/α-hetero) is 1. The minimum absolute atomic E-state index is 0.0850. The average Bonchev–Trinajstić information content (AvgIpc) is 2.58. The summed E-state index contributed by atoms with van der Waals surface area (Å²) in [5, 5.41) is 10.7. The lowest BCUT2D eigenvalue weighted by atomic mass is 9.72. The van der Waals surface area contributed by atoms with Crippen molar-refractivity contribution in [1.29, 1.82) is 0 Å². The van der Waals surface area contributed by atoms with Gasteiger partial charge < -0.3 is 5.11 Å². The van der Waals surface area contributed by atoms with Gasteiger partial charge in [-0.05, 0) is 49.4 Å². The van der Waals surface area contributed by atoms with Crippen LogP contribution < -0.4 is 0 Å². The molecule has 1 aliphatic rings. The molecule has 3 rings (SSSR count). The monoisotopic (exact) mass is 379 g/mol. The first-order valence-electron chi connectivity index (χ1n) is 8.50. The first-order valence-corrected chi connectivity index (χ1v) is 8.88. The van der Waals surface area contributed by atoms with Crippen LogP contribution in [0.2, 0.25) is 5.02 Å². The molecule has 0 unspecified atom stereocenters. The number of alkyl halides is 1. The number of carbonyl (C=O) groups excluding carboxylic acids is 1. The Morgan fingerprint density at radius 2 is 2.12 bits per heavy atom. The first kappa shape index (κ1) is 18.9. The molecule has 0 amide bonds. The fraction of sp³-hybridized carbons (Fsp3) is 0.400. The Kier molecular flexibility index (Phi) is 4.88. The van der Waals surface area contributed by atoms with E-state index in [9.17, 15) is 14.3 Å². The van der Waals surface area contributed by atoms with E-state index in [4.69, 9.17) is 11.6 Å². The van der Waals surface area contributed by atoms with Gasteiger partial charge in [-0.2, -0.15) is 0 Å². The van der Waals surface area contributed by atoms with Crippen LogP contribution in [0.3, 0.4) is 0 Å². The fourth-order valence-corrected chi connectivity index (χ4v) is 3.92. The summed E-state index contributed by atoms with van der Waals surface area (Å²) in [5.41, 5.74) is -2.54. The van der Waals surface area contributed by atoms with E-state index < -0.39 is 22.9 Å². The molecule has 1 N–H and O–H groups in total. The molecule has 3 nitrogen and oxygen atoms in total. The maximum absolute atomic E-state index is 15.7. The molecule has 1 aliphatic carbocycles. The molecule has 1 aromatic carbocycles. The third-order valence-electron chi connectivity index (χ3n) is 5.13. The summed E-state index contributed by atoms with van der Waals surface area (Å²) in [6.07, 6.45) is 1.38. The Hall–Kier alpha value is -1.85. The molecule has 0 saturated heterocycles. The summed E-state index contributed by atoms with van der Waals surface area (Å²) >= 11 is 6.06. The number of aromatic nitrogens is 1. The van der Waals surface area contributed by atoms with Crippen molar-refractivity contribution in [1.82, 2.24) is 4.98 Å². The van der Waals surface area contributed by atoms with Gasteiger partial charge in [-0.15, -0.1) is 0 Å². The number of pyridine rings is 1. The van der Waals surface area contributed by atoms with E-state index in [-0.39, 0.29) is 41.5 Å². The number of aliphatic hydroxyl groups is 1. The Morgan fingerprint density at radius 1 is 1.38 bits per heavy atom. The molecule has 26 heavy (non-hydrogen) atoms. The van der Waals surface area contributed by atoms with Crippen LogP contribution in [0, 0.1) is 5.82 Å². The Balaban J connectivity index is 1.90. The minimum atomic E-state index is -2.20. The van der Waals surface area contributed by atoms with Gasteiger partial charge in [0.25, 0.3) is 0 Å². The average molecular weight is 380 g/mol. The molecule has 0 spiro atoms. The van der Waals surface area contributed by atoms with Gasteiger partial charge in [-0.25, -0.2) is 8.78 Å². The number of rotatable bonds is 4. The number of hydrogen-bond donors (Lipinski definition) is 1. The predicted molar refractivity (Wildman–Crippen MR) is 95.3 cm³/mol. The lowest BCUT2D eigenvalue weighted by Crippen LogP contribution is -2.42. The molecule has 6 heteroatoms. The van der Waals surface area contributed by atoms with Crippen LogP contribution in [0.5, 0.6) is 0 Å². The zero-order valence-corrected chi connectivity index (χ0v) is 15.4. The third-order valence-corrected chi connectivity index (χ3v) is 5.46. The zero-order chi connectivity index (χ0) is 19.1. The minimum Gasteiger partial charge on any atom is -0.384 e. The molecule has 0 saturated carbocycles. The van der Waals surface area contributed by atoms with Gasteiger partial charge in [-0.3, -0.25) is 9.78 Å². The van der Waals surface area contributed by atoms with E-state index in [2.05, 4.69) is 4.98 Å². The molecule has 0 aliphatic heterocycles. The van der Waals surface area contributed by atoms with Gasteiger partial charge in [0, 0.05) is 23.2 Å². The van der Waals surface area contributed by atoms with Crippen molar-refractivity contribution in [2.24, 2.45) is 0 Å². The smallest absolute Gasteiger partial charge is 0.195 e. The van der Waals surface area contributed by atoms with E-state index >= 15 is 4.39 Å². The van der Waals surface area contributed by atoms with Gasteiger partial charge in [0.15, 0.2) is 11.5 Å². The zero-order valence-electron chi connectivity index (χ0n) is 14.6. The molecule has 0 bridgehead atoms. The molecule has 3 atom stereocenters. The Bertz CT molecular complexity index is 855. The van der Waals surface area contributed by atoms with E-state index in [1.165, 1.54) is 30.5 Å².